The largest absolute Gasteiger partial charge is 0.381 e. The fourth-order valence-corrected chi connectivity index (χ4v) is 1.94. The zero-order valence-corrected chi connectivity index (χ0v) is 10.8. The lowest BCUT2D eigenvalue weighted by atomic mass is 10.1. The van der Waals surface area contributed by atoms with Gasteiger partial charge in [-0.15, -0.1) is 0 Å². The molecule has 1 unspecified atom stereocenters. The number of morpholine rings is 1. The average Bonchev–Trinajstić information content (AvgIpc) is 3.10. The van der Waals surface area contributed by atoms with Crippen molar-refractivity contribution in [3.8, 4) is 0 Å². The molecule has 6 nitrogen and oxygen atoms in total. The number of ether oxygens (including phenoxy) is 1. The molecule has 2 N–H and O–H groups in total. The van der Waals surface area contributed by atoms with Crippen molar-refractivity contribution in [3.63, 3.8) is 0 Å². The van der Waals surface area contributed by atoms with E-state index in [0.29, 0.717) is 13.2 Å². The van der Waals surface area contributed by atoms with Crippen LogP contribution in [0.15, 0.2) is 0 Å². The first-order valence-corrected chi connectivity index (χ1v) is 6.31. The van der Waals surface area contributed by atoms with E-state index in [1.54, 1.807) is 0 Å². The number of nitrogens with one attached hydrogen (secondary N) is 1. The molecular formula is C12H20N2O4. The molecule has 6 heteroatoms. The summed E-state index contributed by atoms with van der Waals surface area (Å²) in [6.07, 6.45) is 2.00. The molecule has 0 bridgehead atoms. The third-order valence-corrected chi connectivity index (χ3v) is 3.14. The highest BCUT2D eigenvalue weighted by molar-refractivity contribution is 5.91. The summed E-state index contributed by atoms with van der Waals surface area (Å²) >= 11 is 0. The van der Waals surface area contributed by atoms with Crippen molar-refractivity contribution in [3.05, 3.63) is 0 Å². The van der Waals surface area contributed by atoms with E-state index in [4.69, 9.17) is 4.74 Å². The Morgan fingerprint density at radius 3 is 2.61 bits per heavy atom. The number of amides is 2. The van der Waals surface area contributed by atoms with Crippen LogP contribution in [0.25, 0.3) is 0 Å². The zero-order valence-electron chi connectivity index (χ0n) is 10.8. The first kappa shape index (κ1) is 13.3. The number of carbonyl (C=O) groups excluding carboxylic acids is 2. The molecule has 0 aromatic heterocycles. The van der Waals surface area contributed by atoms with Gasteiger partial charge in [0.1, 0.15) is 11.6 Å². The van der Waals surface area contributed by atoms with Gasteiger partial charge in [0, 0.05) is 12.6 Å². The second-order valence-corrected chi connectivity index (χ2v) is 5.43. The predicted molar refractivity (Wildman–Crippen MR) is 63.8 cm³/mol. The summed E-state index contributed by atoms with van der Waals surface area (Å²) < 4.78 is 5.26. The molecule has 0 aromatic carbocycles. The van der Waals surface area contributed by atoms with E-state index in [0.717, 1.165) is 12.8 Å². The van der Waals surface area contributed by atoms with Gasteiger partial charge in [-0.3, -0.25) is 9.59 Å². The third-order valence-electron chi connectivity index (χ3n) is 3.14. The van der Waals surface area contributed by atoms with Crippen LogP contribution in [0, 0.1) is 0 Å². The SMILES string of the molecule is CC(C)(O)C(=O)N1CCOCC1C(=O)NC1CC1. The van der Waals surface area contributed by atoms with Crippen molar-refractivity contribution >= 4 is 11.8 Å². The van der Waals surface area contributed by atoms with Crippen LogP contribution >= 0.6 is 0 Å². The number of carbonyl (C=O) groups is 2. The molecule has 2 aliphatic rings. The minimum absolute atomic E-state index is 0.185. The van der Waals surface area contributed by atoms with Crippen LogP contribution in [0.4, 0.5) is 0 Å². The number of nitrogens with zero attached hydrogens (tertiary/aromatic N) is 1. The molecule has 2 rings (SSSR count). The fraction of sp³-hybridized carbons (Fsp3) is 0.833. The molecule has 1 saturated heterocycles. The summed E-state index contributed by atoms with van der Waals surface area (Å²) in [5.74, 6) is -0.614. The van der Waals surface area contributed by atoms with Gasteiger partial charge in [0.15, 0.2) is 0 Å². The van der Waals surface area contributed by atoms with Crippen molar-refractivity contribution in [2.45, 2.75) is 44.4 Å². The standard InChI is InChI=1S/C12H20N2O4/c1-12(2,17)11(16)14-5-6-18-7-9(14)10(15)13-8-3-4-8/h8-9,17H,3-7H2,1-2H3,(H,13,15). The van der Waals surface area contributed by atoms with Crippen LogP contribution in [-0.4, -0.2) is 59.3 Å². The van der Waals surface area contributed by atoms with E-state index in [-0.39, 0.29) is 18.6 Å². The van der Waals surface area contributed by atoms with Crippen LogP contribution in [0.3, 0.4) is 0 Å². The Kier molecular flexibility index (Phi) is 3.59. The predicted octanol–water partition coefficient (Wildman–Crippen LogP) is -0.737. The van der Waals surface area contributed by atoms with Crippen molar-refractivity contribution in [1.29, 1.82) is 0 Å². The van der Waals surface area contributed by atoms with E-state index in [1.807, 2.05) is 0 Å². The molecule has 1 aliphatic carbocycles. The normalized spacial score (nSPS) is 24.8. The summed E-state index contributed by atoms with van der Waals surface area (Å²) in [5.41, 5.74) is -1.46. The lowest BCUT2D eigenvalue weighted by Crippen LogP contribution is -2.60. The monoisotopic (exact) mass is 256 g/mol. The molecular weight excluding hydrogens is 236 g/mol. The minimum Gasteiger partial charge on any atom is -0.381 e. The average molecular weight is 256 g/mol. The highest BCUT2D eigenvalue weighted by atomic mass is 16.5. The Labute approximate surface area is 106 Å². The van der Waals surface area contributed by atoms with E-state index < -0.39 is 17.6 Å². The van der Waals surface area contributed by atoms with Gasteiger partial charge in [-0.1, -0.05) is 0 Å². The first-order valence-electron chi connectivity index (χ1n) is 6.31. The van der Waals surface area contributed by atoms with Crippen LogP contribution in [-0.2, 0) is 14.3 Å². The second kappa shape index (κ2) is 4.85. The minimum atomic E-state index is -1.46. The Balaban J connectivity index is 2.04. The van der Waals surface area contributed by atoms with Gasteiger partial charge in [0.2, 0.25) is 5.91 Å². The van der Waals surface area contributed by atoms with Gasteiger partial charge in [0.05, 0.1) is 13.2 Å². The number of hydrogen-bond donors (Lipinski definition) is 2. The van der Waals surface area contributed by atoms with E-state index in [9.17, 15) is 14.7 Å². The molecule has 1 saturated carbocycles. The van der Waals surface area contributed by atoms with Crippen molar-refractivity contribution in [2.75, 3.05) is 19.8 Å². The van der Waals surface area contributed by atoms with Crippen molar-refractivity contribution < 1.29 is 19.4 Å². The maximum atomic E-state index is 12.1. The molecule has 1 heterocycles. The third kappa shape index (κ3) is 3.00. The van der Waals surface area contributed by atoms with E-state index >= 15 is 0 Å². The van der Waals surface area contributed by atoms with Crippen molar-refractivity contribution in [2.24, 2.45) is 0 Å². The fourth-order valence-electron chi connectivity index (χ4n) is 1.94. The Hall–Kier alpha value is -1.14. The number of aliphatic hydroxyl groups is 1. The quantitative estimate of drug-likeness (QED) is 0.697. The maximum Gasteiger partial charge on any atom is 0.254 e. The molecule has 0 spiro atoms. The topological polar surface area (TPSA) is 78.9 Å². The van der Waals surface area contributed by atoms with Crippen LogP contribution in [0.1, 0.15) is 26.7 Å². The molecule has 1 aliphatic heterocycles. The van der Waals surface area contributed by atoms with Crippen LogP contribution in [0.2, 0.25) is 0 Å². The molecule has 0 aromatic rings. The zero-order chi connectivity index (χ0) is 13.3. The number of rotatable bonds is 3. The van der Waals surface area contributed by atoms with E-state index in [1.165, 1.54) is 18.7 Å². The van der Waals surface area contributed by atoms with Gasteiger partial charge in [0.25, 0.3) is 5.91 Å². The smallest absolute Gasteiger partial charge is 0.254 e. The van der Waals surface area contributed by atoms with Crippen LogP contribution in [0.5, 0.6) is 0 Å². The van der Waals surface area contributed by atoms with Gasteiger partial charge in [-0.2, -0.15) is 0 Å². The molecule has 2 amide bonds. The van der Waals surface area contributed by atoms with Gasteiger partial charge in [-0.25, -0.2) is 0 Å². The maximum absolute atomic E-state index is 12.1. The Morgan fingerprint density at radius 2 is 2.06 bits per heavy atom. The number of hydrogen-bond acceptors (Lipinski definition) is 4. The van der Waals surface area contributed by atoms with Gasteiger partial charge < -0.3 is 20.1 Å². The Bertz CT molecular complexity index is 346. The summed E-state index contributed by atoms with van der Waals surface area (Å²) in [5, 5.41) is 12.6. The van der Waals surface area contributed by atoms with Gasteiger partial charge >= 0.3 is 0 Å². The summed E-state index contributed by atoms with van der Waals surface area (Å²) in [7, 11) is 0. The van der Waals surface area contributed by atoms with Crippen LogP contribution < -0.4 is 5.32 Å². The lowest BCUT2D eigenvalue weighted by Gasteiger charge is -2.37. The molecule has 0 radical (unpaired) electrons. The highest BCUT2D eigenvalue weighted by Crippen LogP contribution is 2.20. The summed E-state index contributed by atoms with van der Waals surface area (Å²) in [6.45, 7) is 3.79. The van der Waals surface area contributed by atoms with E-state index in [2.05, 4.69) is 5.32 Å². The first-order chi connectivity index (χ1) is 8.39. The molecule has 2 fully saturated rings. The lowest BCUT2D eigenvalue weighted by molar-refractivity contribution is -0.161. The summed E-state index contributed by atoms with van der Waals surface area (Å²) in [4.78, 5) is 25.5. The van der Waals surface area contributed by atoms with Gasteiger partial charge in [-0.05, 0) is 26.7 Å². The molecule has 18 heavy (non-hydrogen) atoms. The Morgan fingerprint density at radius 1 is 1.39 bits per heavy atom. The molecule has 102 valence electrons. The van der Waals surface area contributed by atoms with Crippen molar-refractivity contribution in [1.82, 2.24) is 10.2 Å². The second-order valence-electron chi connectivity index (χ2n) is 5.43. The summed E-state index contributed by atoms with van der Waals surface area (Å²) in [6, 6.07) is -0.378. The molecule has 1 atom stereocenters. The highest BCUT2D eigenvalue weighted by Gasteiger charge is 2.39.